The molecule has 0 bridgehead atoms. The van der Waals surface area contributed by atoms with Gasteiger partial charge in [0.25, 0.3) is 0 Å². The van der Waals surface area contributed by atoms with Crippen LogP contribution in [0.15, 0.2) is 47.4 Å². The molecule has 1 heterocycles. The lowest BCUT2D eigenvalue weighted by molar-refractivity contribution is -0.117. The molecule has 1 atom stereocenters. The van der Waals surface area contributed by atoms with Gasteiger partial charge in [-0.1, -0.05) is 31.2 Å². The van der Waals surface area contributed by atoms with Crippen molar-refractivity contribution < 1.29 is 13.2 Å². The molecule has 1 amide bonds. The Morgan fingerprint density at radius 1 is 1.13 bits per heavy atom. The lowest BCUT2D eigenvalue weighted by Gasteiger charge is -2.25. The van der Waals surface area contributed by atoms with Crippen LogP contribution in [0.2, 0.25) is 0 Å². The minimum Gasteiger partial charge on any atom is -0.312 e. The van der Waals surface area contributed by atoms with Crippen molar-refractivity contribution in [1.82, 2.24) is 9.62 Å². The van der Waals surface area contributed by atoms with Gasteiger partial charge < -0.3 is 9.80 Å². The Hall–Kier alpha value is -2.22. The second-order valence-corrected chi connectivity index (χ2v) is 9.76. The first-order chi connectivity index (χ1) is 14.2. The summed E-state index contributed by atoms with van der Waals surface area (Å²) in [6.45, 7) is 4.84. The van der Waals surface area contributed by atoms with Gasteiger partial charge in [0.05, 0.1) is 4.90 Å². The van der Waals surface area contributed by atoms with E-state index in [0.717, 1.165) is 24.1 Å². The topological polar surface area (TPSA) is 69.7 Å². The van der Waals surface area contributed by atoms with Crippen molar-refractivity contribution in [3.63, 3.8) is 0 Å². The molecule has 1 fully saturated rings. The molecule has 0 saturated carbocycles. The van der Waals surface area contributed by atoms with Crippen LogP contribution in [0.1, 0.15) is 42.5 Å². The van der Waals surface area contributed by atoms with E-state index in [1.165, 1.54) is 5.56 Å². The number of likely N-dealkylation sites (N-methyl/N-ethyl adjacent to an activating group) is 1. The third-order valence-corrected chi connectivity index (χ3v) is 7.28. The van der Waals surface area contributed by atoms with E-state index in [4.69, 9.17) is 0 Å². The molecule has 1 aliphatic rings. The molecule has 6 nitrogen and oxygen atoms in total. The van der Waals surface area contributed by atoms with Crippen molar-refractivity contribution in [3.05, 3.63) is 59.2 Å². The number of hydrogen-bond donors (Lipinski definition) is 1. The molecule has 1 N–H and O–H groups in total. The zero-order chi connectivity index (χ0) is 21.9. The highest BCUT2D eigenvalue weighted by molar-refractivity contribution is 7.89. The van der Waals surface area contributed by atoms with Crippen LogP contribution in [-0.4, -0.2) is 46.4 Å². The van der Waals surface area contributed by atoms with Crippen molar-refractivity contribution in [2.24, 2.45) is 0 Å². The van der Waals surface area contributed by atoms with Gasteiger partial charge in [0.15, 0.2) is 0 Å². The summed E-state index contributed by atoms with van der Waals surface area (Å²) in [4.78, 5) is 16.0. The highest BCUT2D eigenvalue weighted by Gasteiger charge is 2.25. The Kier molecular flexibility index (Phi) is 6.95. The van der Waals surface area contributed by atoms with Crippen LogP contribution in [0.3, 0.4) is 0 Å². The standard InChI is InChI=1S/C23H31N3O3S/c1-5-18-8-10-19(11-9-18)21(25(3)4)16-24-30(28,29)22-13-12-20(15-17(22)2)26-14-6-7-23(26)27/h8-13,15,21,24H,5-7,14,16H2,1-4H3. The van der Waals surface area contributed by atoms with E-state index in [2.05, 4.69) is 35.9 Å². The average Bonchev–Trinajstić information content (AvgIpc) is 3.14. The van der Waals surface area contributed by atoms with Gasteiger partial charge in [-0.2, -0.15) is 0 Å². The van der Waals surface area contributed by atoms with Crippen LogP contribution in [0.25, 0.3) is 0 Å². The fourth-order valence-corrected chi connectivity index (χ4v) is 5.13. The van der Waals surface area contributed by atoms with E-state index < -0.39 is 10.0 Å². The number of anilines is 1. The molecular weight excluding hydrogens is 398 g/mol. The quantitative estimate of drug-likeness (QED) is 0.699. The molecule has 0 radical (unpaired) electrons. The van der Waals surface area contributed by atoms with Crippen LogP contribution < -0.4 is 9.62 Å². The predicted octanol–water partition coefficient (Wildman–Crippen LogP) is 3.27. The molecule has 0 aromatic heterocycles. The Labute approximate surface area is 179 Å². The molecule has 0 aliphatic carbocycles. The summed E-state index contributed by atoms with van der Waals surface area (Å²) in [5, 5.41) is 0. The number of rotatable bonds is 8. The Morgan fingerprint density at radius 2 is 1.83 bits per heavy atom. The number of sulfonamides is 1. The highest BCUT2D eigenvalue weighted by atomic mass is 32.2. The smallest absolute Gasteiger partial charge is 0.240 e. The highest BCUT2D eigenvalue weighted by Crippen LogP contribution is 2.26. The minimum absolute atomic E-state index is 0.0764. The van der Waals surface area contributed by atoms with Gasteiger partial charge >= 0.3 is 0 Å². The van der Waals surface area contributed by atoms with Crippen LogP contribution in [-0.2, 0) is 21.2 Å². The molecule has 7 heteroatoms. The normalized spacial score (nSPS) is 15.8. The Morgan fingerprint density at radius 3 is 2.37 bits per heavy atom. The van der Waals surface area contributed by atoms with E-state index in [-0.39, 0.29) is 23.4 Å². The Bertz CT molecular complexity index is 1000. The maximum Gasteiger partial charge on any atom is 0.240 e. The maximum atomic E-state index is 13.0. The zero-order valence-corrected chi connectivity index (χ0v) is 19.0. The number of amides is 1. The van der Waals surface area contributed by atoms with Crippen LogP contribution in [0, 0.1) is 6.92 Å². The summed E-state index contributed by atoms with van der Waals surface area (Å²) in [7, 11) is 0.214. The minimum atomic E-state index is -3.67. The van der Waals surface area contributed by atoms with Gasteiger partial charge in [-0.25, -0.2) is 13.1 Å². The van der Waals surface area contributed by atoms with Gasteiger partial charge in [0.2, 0.25) is 15.9 Å². The van der Waals surface area contributed by atoms with Crippen molar-refractivity contribution in [2.45, 2.75) is 44.0 Å². The molecule has 30 heavy (non-hydrogen) atoms. The summed E-state index contributed by atoms with van der Waals surface area (Å²) in [5.74, 6) is 0.0889. The fourth-order valence-electron chi connectivity index (χ4n) is 3.86. The fraction of sp³-hybridized carbons (Fsp3) is 0.435. The van der Waals surface area contributed by atoms with Crippen LogP contribution in [0.5, 0.6) is 0 Å². The summed E-state index contributed by atoms with van der Waals surface area (Å²) in [5.41, 5.74) is 3.72. The lowest BCUT2D eigenvalue weighted by Crippen LogP contribution is -2.35. The van der Waals surface area contributed by atoms with E-state index in [0.29, 0.717) is 18.5 Å². The number of carbonyl (C=O) groups is 1. The summed E-state index contributed by atoms with van der Waals surface area (Å²) >= 11 is 0. The van der Waals surface area contributed by atoms with E-state index in [1.54, 1.807) is 30.0 Å². The number of nitrogens with one attached hydrogen (secondary N) is 1. The van der Waals surface area contributed by atoms with Crippen molar-refractivity contribution >= 4 is 21.6 Å². The third-order valence-electron chi connectivity index (χ3n) is 5.70. The van der Waals surface area contributed by atoms with Gasteiger partial charge in [-0.15, -0.1) is 0 Å². The van der Waals surface area contributed by atoms with Gasteiger partial charge in [-0.3, -0.25) is 4.79 Å². The molecule has 2 aromatic rings. The first kappa shape index (κ1) is 22.5. The van der Waals surface area contributed by atoms with Crippen LogP contribution in [0.4, 0.5) is 5.69 Å². The number of nitrogens with zero attached hydrogens (tertiary/aromatic N) is 2. The molecule has 0 spiro atoms. The van der Waals surface area contributed by atoms with Crippen LogP contribution >= 0.6 is 0 Å². The van der Waals surface area contributed by atoms with Gasteiger partial charge in [-0.05, 0) is 68.8 Å². The molecule has 2 aromatic carbocycles. The Balaban J connectivity index is 1.76. The van der Waals surface area contributed by atoms with E-state index >= 15 is 0 Å². The second-order valence-electron chi connectivity index (χ2n) is 8.03. The van der Waals surface area contributed by atoms with Gasteiger partial charge in [0, 0.05) is 31.2 Å². The number of aryl methyl sites for hydroxylation is 2. The summed E-state index contributed by atoms with van der Waals surface area (Å²) in [6.07, 6.45) is 2.36. The molecule has 3 rings (SSSR count). The lowest BCUT2D eigenvalue weighted by atomic mass is 10.0. The molecular formula is C23H31N3O3S. The first-order valence-corrected chi connectivity index (χ1v) is 11.9. The number of carbonyl (C=O) groups excluding carboxylic acids is 1. The number of hydrogen-bond acceptors (Lipinski definition) is 4. The second kappa shape index (κ2) is 9.29. The van der Waals surface area contributed by atoms with Crippen molar-refractivity contribution in [1.29, 1.82) is 0 Å². The first-order valence-electron chi connectivity index (χ1n) is 10.4. The molecule has 162 valence electrons. The largest absolute Gasteiger partial charge is 0.312 e. The SMILES string of the molecule is CCc1ccc(C(CNS(=O)(=O)c2ccc(N3CCCC3=O)cc2C)N(C)C)cc1. The van der Waals surface area contributed by atoms with E-state index in [1.807, 2.05) is 19.0 Å². The van der Waals surface area contributed by atoms with Gasteiger partial charge in [0.1, 0.15) is 0 Å². The summed E-state index contributed by atoms with van der Waals surface area (Å²) < 4.78 is 28.8. The zero-order valence-electron chi connectivity index (χ0n) is 18.2. The third kappa shape index (κ3) is 4.91. The number of benzene rings is 2. The monoisotopic (exact) mass is 429 g/mol. The molecule has 1 unspecified atom stereocenters. The van der Waals surface area contributed by atoms with Crippen molar-refractivity contribution in [2.75, 3.05) is 32.1 Å². The van der Waals surface area contributed by atoms with E-state index in [9.17, 15) is 13.2 Å². The van der Waals surface area contributed by atoms with Crippen molar-refractivity contribution in [3.8, 4) is 0 Å². The summed E-state index contributed by atoms with van der Waals surface area (Å²) in [6, 6.07) is 13.3. The molecule has 1 saturated heterocycles. The average molecular weight is 430 g/mol. The maximum absolute atomic E-state index is 13.0. The molecule has 1 aliphatic heterocycles. The predicted molar refractivity (Wildman–Crippen MR) is 120 cm³/mol.